The molecule has 1 fully saturated rings. The van der Waals surface area contributed by atoms with Crippen LogP contribution < -0.4 is 5.32 Å². The maximum absolute atomic E-state index is 11.4. The molecule has 0 atom stereocenters. The lowest BCUT2D eigenvalue weighted by molar-refractivity contribution is -0.115. The fourth-order valence-electron chi connectivity index (χ4n) is 1.94. The number of amides is 2. The number of benzene rings is 1. The van der Waals surface area contributed by atoms with Gasteiger partial charge in [0.05, 0.1) is 10.4 Å². The molecule has 1 aromatic carbocycles. The van der Waals surface area contributed by atoms with Gasteiger partial charge in [0.15, 0.2) is 0 Å². The molecule has 1 saturated heterocycles. The van der Waals surface area contributed by atoms with Crippen molar-refractivity contribution in [3.05, 3.63) is 59.1 Å². The van der Waals surface area contributed by atoms with Crippen molar-refractivity contribution < 1.29 is 9.59 Å². The summed E-state index contributed by atoms with van der Waals surface area (Å²) in [4.78, 5) is 27.1. The Kier molecular flexibility index (Phi) is 3.35. The predicted molar refractivity (Wildman–Crippen MR) is 80.0 cm³/mol. The summed E-state index contributed by atoms with van der Waals surface area (Å²) in [7, 11) is 0. The number of carbonyl (C=O) groups excluding carboxylic acids is 2. The SMILES string of the molecule is O=C1NC(=O)/C(=C\C=C\c2ccnc3ccccc23)S1. The Morgan fingerprint density at radius 3 is 2.80 bits per heavy atom. The molecule has 0 saturated carbocycles. The highest BCUT2D eigenvalue weighted by Crippen LogP contribution is 2.23. The molecule has 2 heterocycles. The third-order valence-corrected chi connectivity index (χ3v) is 3.68. The third-order valence-electron chi connectivity index (χ3n) is 2.85. The minimum absolute atomic E-state index is 0.330. The van der Waals surface area contributed by atoms with Crippen LogP contribution in [0.4, 0.5) is 4.79 Å². The Hall–Kier alpha value is -2.40. The van der Waals surface area contributed by atoms with E-state index in [-0.39, 0.29) is 11.1 Å². The highest BCUT2D eigenvalue weighted by atomic mass is 32.2. The molecule has 1 aliphatic heterocycles. The zero-order chi connectivity index (χ0) is 13.9. The molecule has 0 unspecified atom stereocenters. The first-order valence-corrected chi connectivity index (χ1v) is 6.81. The minimum atomic E-state index is -0.343. The number of imide groups is 1. The van der Waals surface area contributed by atoms with Crippen LogP contribution in [0.2, 0.25) is 0 Å². The second-order valence-corrected chi connectivity index (χ2v) is 5.17. The normalized spacial score (nSPS) is 17.3. The molecule has 3 rings (SSSR count). The van der Waals surface area contributed by atoms with Gasteiger partial charge in [0.25, 0.3) is 11.1 Å². The number of pyridine rings is 1. The number of aromatic nitrogens is 1. The van der Waals surface area contributed by atoms with Gasteiger partial charge in [-0.2, -0.15) is 0 Å². The average molecular weight is 282 g/mol. The summed E-state index contributed by atoms with van der Waals surface area (Å²) in [6.07, 6.45) is 7.05. The van der Waals surface area contributed by atoms with Crippen molar-refractivity contribution >= 4 is 39.9 Å². The standard InChI is InChI=1S/C15H10N2O2S/c18-14-13(20-15(19)17-14)7-3-4-10-8-9-16-12-6-2-1-5-11(10)12/h1-9H,(H,17,18,19)/b4-3+,13-7+. The van der Waals surface area contributed by atoms with Crippen LogP contribution in [-0.4, -0.2) is 16.1 Å². The van der Waals surface area contributed by atoms with Gasteiger partial charge in [-0.05, 0) is 35.5 Å². The van der Waals surface area contributed by atoms with Crippen LogP contribution in [0.3, 0.4) is 0 Å². The second kappa shape index (κ2) is 5.30. The third kappa shape index (κ3) is 2.48. The fourth-order valence-corrected chi connectivity index (χ4v) is 2.57. The summed E-state index contributed by atoms with van der Waals surface area (Å²) < 4.78 is 0. The lowest BCUT2D eigenvalue weighted by atomic mass is 10.1. The number of nitrogens with zero attached hydrogens (tertiary/aromatic N) is 1. The van der Waals surface area contributed by atoms with Gasteiger partial charge in [0, 0.05) is 11.6 Å². The van der Waals surface area contributed by atoms with Crippen LogP contribution >= 0.6 is 11.8 Å². The summed E-state index contributed by atoms with van der Waals surface area (Å²) in [6.45, 7) is 0. The van der Waals surface area contributed by atoms with Crippen molar-refractivity contribution in [1.82, 2.24) is 10.3 Å². The molecular formula is C15H10N2O2S. The van der Waals surface area contributed by atoms with Crippen LogP contribution in [0.1, 0.15) is 5.56 Å². The highest BCUT2D eigenvalue weighted by molar-refractivity contribution is 8.18. The summed E-state index contributed by atoms with van der Waals surface area (Å²) in [5.74, 6) is -0.343. The molecule has 1 N–H and O–H groups in total. The first-order valence-electron chi connectivity index (χ1n) is 5.99. The van der Waals surface area contributed by atoms with Gasteiger partial charge in [-0.3, -0.25) is 19.9 Å². The number of thioether (sulfide) groups is 1. The Morgan fingerprint density at radius 2 is 2.00 bits per heavy atom. The summed E-state index contributed by atoms with van der Waals surface area (Å²) in [5, 5.41) is 2.93. The molecule has 4 nitrogen and oxygen atoms in total. The van der Waals surface area contributed by atoms with Crippen molar-refractivity contribution in [3.63, 3.8) is 0 Å². The summed E-state index contributed by atoms with van der Waals surface area (Å²) >= 11 is 0.910. The second-order valence-electron chi connectivity index (χ2n) is 4.15. The number of nitrogens with one attached hydrogen (secondary N) is 1. The Morgan fingerprint density at radius 1 is 1.15 bits per heavy atom. The molecule has 0 radical (unpaired) electrons. The molecule has 1 aliphatic rings. The van der Waals surface area contributed by atoms with Crippen molar-refractivity contribution in [1.29, 1.82) is 0 Å². The predicted octanol–water partition coefficient (Wildman–Crippen LogP) is 3.11. The monoisotopic (exact) mass is 282 g/mol. The Bertz CT molecular complexity index is 760. The quantitative estimate of drug-likeness (QED) is 0.860. The van der Waals surface area contributed by atoms with E-state index >= 15 is 0 Å². The maximum Gasteiger partial charge on any atom is 0.290 e. The zero-order valence-corrected chi connectivity index (χ0v) is 11.2. The van der Waals surface area contributed by atoms with Gasteiger partial charge in [-0.25, -0.2) is 0 Å². The topological polar surface area (TPSA) is 59.1 Å². The molecule has 5 heteroatoms. The molecule has 98 valence electrons. The number of rotatable bonds is 2. The van der Waals surface area contributed by atoms with Crippen LogP contribution in [0.5, 0.6) is 0 Å². The van der Waals surface area contributed by atoms with Gasteiger partial charge >= 0.3 is 0 Å². The van der Waals surface area contributed by atoms with Crippen LogP contribution in [0.15, 0.2) is 53.6 Å². The number of hydrogen-bond donors (Lipinski definition) is 1. The molecular weight excluding hydrogens is 272 g/mol. The number of carbonyl (C=O) groups is 2. The van der Waals surface area contributed by atoms with E-state index in [2.05, 4.69) is 10.3 Å². The fraction of sp³-hybridized carbons (Fsp3) is 0. The van der Waals surface area contributed by atoms with E-state index in [0.717, 1.165) is 28.2 Å². The molecule has 2 amide bonds. The van der Waals surface area contributed by atoms with Crippen molar-refractivity contribution in [2.45, 2.75) is 0 Å². The van der Waals surface area contributed by atoms with Crippen molar-refractivity contribution in [3.8, 4) is 0 Å². The lowest BCUT2D eigenvalue weighted by Crippen LogP contribution is -2.17. The van der Waals surface area contributed by atoms with Crippen LogP contribution in [0.25, 0.3) is 17.0 Å². The summed E-state index contributed by atoms with van der Waals surface area (Å²) in [5.41, 5.74) is 1.94. The minimum Gasteiger partial charge on any atom is -0.282 e. The van der Waals surface area contributed by atoms with E-state index in [4.69, 9.17) is 0 Å². The van der Waals surface area contributed by atoms with Gasteiger partial charge in [-0.1, -0.05) is 30.4 Å². The average Bonchev–Trinajstić information content (AvgIpc) is 2.77. The van der Waals surface area contributed by atoms with E-state index in [0.29, 0.717) is 4.91 Å². The van der Waals surface area contributed by atoms with E-state index in [1.165, 1.54) is 0 Å². The first-order chi connectivity index (χ1) is 9.74. The largest absolute Gasteiger partial charge is 0.290 e. The summed E-state index contributed by atoms with van der Waals surface area (Å²) in [6, 6.07) is 9.75. The molecule has 1 aromatic heterocycles. The highest BCUT2D eigenvalue weighted by Gasteiger charge is 2.24. The van der Waals surface area contributed by atoms with Gasteiger partial charge in [0.2, 0.25) is 0 Å². The molecule has 0 spiro atoms. The number of fused-ring (bicyclic) bond motifs is 1. The number of hydrogen-bond acceptors (Lipinski definition) is 4. The van der Waals surface area contributed by atoms with Gasteiger partial charge in [0.1, 0.15) is 0 Å². The number of allylic oxidation sites excluding steroid dienone is 2. The van der Waals surface area contributed by atoms with Crippen molar-refractivity contribution in [2.75, 3.05) is 0 Å². The smallest absolute Gasteiger partial charge is 0.282 e. The molecule has 20 heavy (non-hydrogen) atoms. The molecule has 0 aliphatic carbocycles. The van der Waals surface area contributed by atoms with Gasteiger partial charge < -0.3 is 0 Å². The zero-order valence-electron chi connectivity index (χ0n) is 10.4. The van der Waals surface area contributed by atoms with E-state index < -0.39 is 0 Å². The van der Waals surface area contributed by atoms with E-state index in [1.807, 2.05) is 36.4 Å². The van der Waals surface area contributed by atoms with Crippen molar-refractivity contribution in [2.24, 2.45) is 0 Å². The van der Waals surface area contributed by atoms with E-state index in [9.17, 15) is 9.59 Å². The van der Waals surface area contributed by atoms with E-state index in [1.54, 1.807) is 18.3 Å². The Labute approximate surface area is 119 Å². The first kappa shape index (κ1) is 12.6. The van der Waals surface area contributed by atoms with Crippen LogP contribution in [-0.2, 0) is 4.79 Å². The number of para-hydroxylation sites is 1. The molecule has 2 aromatic rings. The molecule has 0 bridgehead atoms. The van der Waals surface area contributed by atoms with Crippen LogP contribution in [0, 0.1) is 0 Å². The maximum atomic E-state index is 11.4. The Balaban J connectivity index is 1.90. The van der Waals surface area contributed by atoms with Gasteiger partial charge in [-0.15, -0.1) is 0 Å². The lowest BCUT2D eigenvalue weighted by Gasteiger charge is -2.00.